The normalized spacial score (nSPS) is 12.7. The Morgan fingerprint density at radius 3 is 2.00 bits per heavy atom. The van der Waals surface area contributed by atoms with Crippen molar-refractivity contribution in [3.8, 4) is 0 Å². The standard InChI is InChI=1S/C9H23N2O3P/c1-8(2)13-15(12,14-9(3)4)11-7-5-6-10/h8-9H,5-7,10H2,1-4H3,(H,11,12). The molecule has 6 heteroatoms. The minimum absolute atomic E-state index is 0.139. The highest BCUT2D eigenvalue weighted by atomic mass is 31.2. The van der Waals surface area contributed by atoms with Gasteiger partial charge in [-0.2, -0.15) is 0 Å². The molecule has 0 aliphatic carbocycles. The van der Waals surface area contributed by atoms with E-state index in [-0.39, 0.29) is 12.2 Å². The quantitative estimate of drug-likeness (QED) is 0.499. The molecule has 3 N–H and O–H groups in total. The van der Waals surface area contributed by atoms with Gasteiger partial charge in [0.05, 0.1) is 12.2 Å². The van der Waals surface area contributed by atoms with E-state index in [0.717, 1.165) is 6.42 Å². The summed E-state index contributed by atoms with van der Waals surface area (Å²) in [6.07, 6.45) is 0.465. The van der Waals surface area contributed by atoms with Gasteiger partial charge in [-0.15, -0.1) is 0 Å². The molecule has 0 atom stereocenters. The fraction of sp³-hybridized carbons (Fsp3) is 1.00. The second-order valence-corrected chi connectivity index (χ2v) is 5.59. The highest BCUT2D eigenvalue weighted by molar-refractivity contribution is 7.51. The van der Waals surface area contributed by atoms with Crippen LogP contribution in [0.3, 0.4) is 0 Å². The van der Waals surface area contributed by atoms with Crippen molar-refractivity contribution < 1.29 is 13.6 Å². The molecule has 0 amide bonds. The number of hydrogen-bond donors (Lipinski definition) is 2. The Labute approximate surface area is 92.3 Å². The summed E-state index contributed by atoms with van der Waals surface area (Å²) in [6, 6.07) is 0. The van der Waals surface area contributed by atoms with Gasteiger partial charge in [-0.25, -0.2) is 9.65 Å². The average molecular weight is 238 g/mol. The molecule has 5 nitrogen and oxygen atoms in total. The monoisotopic (exact) mass is 238 g/mol. The van der Waals surface area contributed by atoms with Gasteiger partial charge in [0.2, 0.25) is 0 Å². The second-order valence-electron chi connectivity index (χ2n) is 3.86. The van der Waals surface area contributed by atoms with Crippen LogP contribution in [0, 0.1) is 0 Å². The lowest BCUT2D eigenvalue weighted by atomic mass is 10.4. The van der Waals surface area contributed by atoms with E-state index in [1.165, 1.54) is 0 Å². The van der Waals surface area contributed by atoms with Gasteiger partial charge in [-0.1, -0.05) is 0 Å². The van der Waals surface area contributed by atoms with Crippen molar-refractivity contribution in [1.82, 2.24) is 5.09 Å². The van der Waals surface area contributed by atoms with E-state index in [9.17, 15) is 4.57 Å². The van der Waals surface area contributed by atoms with Gasteiger partial charge in [0.1, 0.15) is 0 Å². The van der Waals surface area contributed by atoms with E-state index in [2.05, 4.69) is 5.09 Å². The first-order chi connectivity index (χ1) is 6.89. The van der Waals surface area contributed by atoms with Crippen molar-refractivity contribution in [1.29, 1.82) is 0 Å². The van der Waals surface area contributed by atoms with Crippen LogP contribution in [0.5, 0.6) is 0 Å². The molecule has 0 fully saturated rings. The van der Waals surface area contributed by atoms with E-state index >= 15 is 0 Å². The third kappa shape index (κ3) is 7.94. The Hall–Kier alpha value is 0.0700. The fourth-order valence-electron chi connectivity index (χ4n) is 0.973. The molecule has 0 aromatic heterocycles. The Morgan fingerprint density at radius 1 is 1.20 bits per heavy atom. The molecule has 0 aromatic rings. The molecule has 92 valence electrons. The van der Waals surface area contributed by atoms with Gasteiger partial charge in [-0.3, -0.25) is 9.05 Å². The molecular formula is C9H23N2O3P. The van der Waals surface area contributed by atoms with E-state index in [1.54, 1.807) is 0 Å². The average Bonchev–Trinajstić information content (AvgIpc) is 2.00. The summed E-state index contributed by atoms with van der Waals surface area (Å²) < 4.78 is 22.7. The summed E-state index contributed by atoms with van der Waals surface area (Å²) in [5.74, 6) is 0. The first-order valence-electron chi connectivity index (χ1n) is 5.31. The first kappa shape index (κ1) is 15.1. The molecule has 0 unspecified atom stereocenters. The van der Waals surface area contributed by atoms with Gasteiger partial charge in [0, 0.05) is 6.54 Å². The van der Waals surface area contributed by atoms with Gasteiger partial charge < -0.3 is 5.73 Å². The van der Waals surface area contributed by atoms with E-state index in [1.807, 2.05) is 27.7 Å². The fourth-order valence-corrected chi connectivity index (χ4v) is 2.71. The van der Waals surface area contributed by atoms with Crippen LogP contribution in [-0.2, 0) is 13.6 Å². The second kappa shape index (κ2) is 7.36. The Bertz CT molecular complexity index is 196. The van der Waals surface area contributed by atoms with Crippen molar-refractivity contribution in [2.24, 2.45) is 5.73 Å². The maximum atomic E-state index is 12.1. The summed E-state index contributed by atoms with van der Waals surface area (Å²) in [5.41, 5.74) is 5.35. The smallest absolute Gasteiger partial charge is 0.330 e. The van der Waals surface area contributed by atoms with Gasteiger partial charge in [0.25, 0.3) is 0 Å². The lowest BCUT2D eigenvalue weighted by molar-refractivity contribution is 0.135. The molecule has 0 rings (SSSR count). The van der Waals surface area contributed by atoms with Crippen molar-refractivity contribution in [3.05, 3.63) is 0 Å². The summed E-state index contributed by atoms with van der Waals surface area (Å²) in [7, 11) is -3.17. The van der Waals surface area contributed by atoms with Crippen molar-refractivity contribution in [2.75, 3.05) is 13.1 Å². The van der Waals surface area contributed by atoms with Gasteiger partial charge >= 0.3 is 7.75 Å². The van der Waals surface area contributed by atoms with Crippen LogP contribution in [-0.4, -0.2) is 25.3 Å². The number of nitrogens with one attached hydrogen (secondary N) is 1. The third-order valence-electron chi connectivity index (χ3n) is 1.39. The van der Waals surface area contributed by atoms with E-state index in [4.69, 9.17) is 14.8 Å². The summed E-state index contributed by atoms with van der Waals surface area (Å²) >= 11 is 0. The number of hydrogen-bond acceptors (Lipinski definition) is 4. The van der Waals surface area contributed by atoms with E-state index in [0.29, 0.717) is 13.1 Å². The molecule has 0 aliphatic rings. The molecule has 0 radical (unpaired) electrons. The minimum atomic E-state index is -3.17. The minimum Gasteiger partial charge on any atom is -0.330 e. The largest absolute Gasteiger partial charge is 0.406 e. The molecular weight excluding hydrogens is 215 g/mol. The molecule has 0 saturated heterocycles. The summed E-state index contributed by atoms with van der Waals surface area (Å²) in [5, 5.41) is 2.79. The Balaban J connectivity index is 4.21. The Kier molecular flexibility index (Phi) is 7.40. The molecule has 0 spiro atoms. The highest BCUT2D eigenvalue weighted by Gasteiger charge is 2.26. The van der Waals surface area contributed by atoms with Crippen LogP contribution in [0.15, 0.2) is 0 Å². The third-order valence-corrected chi connectivity index (χ3v) is 3.39. The van der Waals surface area contributed by atoms with Crippen molar-refractivity contribution >= 4 is 7.75 Å². The van der Waals surface area contributed by atoms with Crippen LogP contribution >= 0.6 is 7.75 Å². The zero-order valence-corrected chi connectivity index (χ0v) is 10.9. The molecule has 0 aromatic carbocycles. The molecule has 15 heavy (non-hydrogen) atoms. The number of rotatable bonds is 8. The zero-order chi connectivity index (χ0) is 11.9. The SMILES string of the molecule is CC(C)OP(=O)(NCCCN)OC(C)C. The maximum absolute atomic E-state index is 12.1. The van der Waals surface area contributed by atoms with Crippen molar-refractivity contribution in [3.63, 3.8) is 0 Å². The highest BCUT2D eigenvalue weighted by Crippen LogP contribution is 2.45. The van der Waals surface area contributed by atoms with Crippen LogP contribution in [0.25, 0.3) is 0 Å². The van der Waals surface area contributed by atoms with Crippen molar-refractivity contribution in [2.45, 2.75) is 46.3 Å². The summed E-state index contributed by atoms with van der Waals surface area (Å²) in [4.78, 5) is 0. The Morgan fingerprint density at radius 2 is 1.67 bits per heavy atom. The lowest BCUT2D eigenvalue weighted by Gasteiger charge is -2.23. The lowest BCUT2D eigenvalue weighted by Crippen LogP contribution is -2.22. The summed E-state index contributed by atoms with van der Waals surface area (Å²) in [6.45, 7) is 8.37. The topological polar surface area (TPSA) is 73.6 Å². The maximum Gasteiger partial charge on any atom is 0.406 e. The first-order valence-corrected chi connectivity index (χ1v) is 6.86. The predicted octanol–water partition coefficient (Wildman–Crippen LogP) is 1.88. The number of nitrogens with two attached hydrogens (primary N) is 1. The molecule has 0 heterocycles. The van der Waals surface area contributed by atoms with Crippen LogP contribution < -0.4 is 10.8 Å². The molecule has 0 bridgehead atoms. The van der Waals surface area contributed by atoms with E-state index < -0.39 is 7.75 Å². The molecule has 0 aliphatic heterocycles. The predicted molar refractivity (Wildman–Crippen MR) is 61.7 cm³/mol. The van der Waals surface area contributed by atoms with Gasteiger partial charge in [-0.05, 0) is 40.7 Å². The van der Waals surface area contributed by atoms with Gasteiger partial charge in [0.15, 0.2) is 0 Å². The molecule has 0 saturated carbocycles. The van der Waals surface area contributed by atoms with Crippen LogP contribution in [0.2, 0.25) is 0 Å². The zero-order valence-electron chi connectivity index (χ0n) is 10.0. The van der Waals surface area contributed by atoms with Crippen LogP contribution in [0.1, 0.15) is 34.1 Å². The van der Waals surface area contributed by atoms with Crippen LogP contribution in [0.4, 0.5) is 0 Å².